The summed E-state index contributed by atoms with van der Waals surface area (Å²) in [5.74, 6) is -4.30. The first-order valence-electron chi connectivity index (χ1n) is 10.5. The van der Waals surface area contributed by atoms with Crippen molar-refractivity contribution in [3.05, 3.63) is 22.7 Å². The van der Waals surface area contributed by atoms with Crippen molar-refractivity contribution in [2.24, 2.45) is 0 Å². The molecule has 0 radical (unpaired) electrons. The maximum Gasteiger partial charge on any atom is 0.441 e. The van der Waals surface area contributed by atoms with Gasteiger partial charge in [-0.1, -0.05) is 25.4 Å². The number of rotatable bonds is 5. The van der Waals surface area contributed by atoms with E-state index in [-0.39, 0.29) is 28.6 Å². The summed E-state index contributed by atoms with van der Waals surface area (Å²) in [5.41, 5.74) is -2.43. The fourth-order valence-electron chi connectivity index (χ4n) is 4.26. The molecule has 1 saturated heterocycles. The van der Waals surface area contributed by atoms with Crippen LogP contribution < -0.4 is 9.64 Å². The molecule has 5 rings (SSSR count). The van der Waals surface area contributed by atoms with Crippen LogP contribution in [-0.2, 0) is 23.9 Å². The van der Waals surface area contributed by atoms with Crippen molar-refractivity contribution in [2.75, 3.05) is 38.1 Å². The van der Waals surface area contributed by atoms with E-state index < -0.39 is 48.3 Å². The Balaban J connectivity index is 1.97. The minimum absolute atomic E-state index is 0.0101. The second-order valence-electron chi connectivity index (χ2n) is 8.08. The number of aliphatic hydroxyl groups is 1. The van der Waals surface area contributed by atoms with E-state index >= 15 is 0 Å². The highest BCUT2D eigenvalue weighted by molar-refractivity contribution is 6.33. The van der Waals surface area contributed by atoms with E-state index in [4.69, 9.17) is 25.8 Å². The molecule has 33 heavy (non-hydrogen) atoms. The topological polar surface area (TPSA) is 126 Å². The van der Waals surface area contributed by atoms with Crippen LogP contribution in [0, 0.1) is 0 Å². The molecule has 12 heteroatoms. The van der Waals surface area contributed by atoms with Gasteiger partial charge in [0.2, 0.25) is 0 Å². The molecule has 11 nitrogen and oxygen atoms in total. The van der Waals surface area contributed by atoms with Gasteiger partial charge in [0.1, 0.15) is 5.56 Å². The Hall–Kier alpha value is -2.89. The molecule has 4 aliphatic rings. The molecule has 1 fully saturated rings. The summed E-state index contributed by atoms with van der Waals surface area (Å²) in [6.45, 7) is 5.62. The van der Waals surface area contributed by atoms with Gasteiger partial charge in [-0.3, -0.25) is 19.3 Å². The van der Waals surface area contributed by atoms with Crippen LogP contribution in [0.5, 0.6) is 5.75 Å². The molecule has 1 N–H and O–H groups in total. The van der Waals surface area contributed by atoms with Gasteiger partial charge in [-0.15, -0.1) is 0 Å². The Kier molecular flexibility index (Phi) is 5.75. The van der Waals surface area contributed by atoms with Crippen LogP contribution in [-0.4, -0.2) is 83.6 Å². The van der Waals surface area contributed by atoms with E-state index in [1.54, 1.807) is 0 Å². The maximum absolute atomic E-state index is 13.8. The van der Waals surface area contributed by atoms with Crippen molar-refractivity contribution in [3.8, 4) is 5.75 Å². The minimum Gasteiger partial charge on any atom is -0.424 e. The van der Waals surface area contributed by atoms with E-state index in [0.717, 1.165) is 4.90 Å². The molecule has 1 amide bonds. The Morgan fingerprint density at radius 1 is 1.09 bits per heavy atom. The molecule has 4 aliphatic heterocycles. The standard InChI is InChI=1S/C21H24ClN3O8/c1-4-24(5-2)8-9-25-18(28)16-13-7-6-12(22)17(16)31-14(26)10-20(30)11-15(27)32-21(25,23(13)3)33-19(20)29/h6-7,30H,4-5,8-11H2,1-3H3. The number of hydrogen-bond donors (Lipinski definition) is 1. The van der Waals surface area contributed by atoms with Crippen LogP contribution in [0.15, 0.2) is 12.1 Å². The second kappa shape index (κ2) is 8.15. The Morgan fingerprint density at radius 3 is 2.42 bits per heavy atom. The van der Waals surface area contributed by atoms with Gasteiger partial charge in [0.05, 0.1) is 23.6 Å². The Bertz CT molecular complexity index is 1040. The number of hydrogen-bond acceptors (Lipinski definition) is 10. The van der Waals surface area contributed by atoms with Crippen molar-refractivity contribution in [3.63, 3.8) is 0 Å². The fourth-order valence-corrected chi connectivity index (χ4v) is 4.45. The largest absolute Gasteiger partial charge is 0.441 e. The van der Waals surface area contributed by atoms with E-state index in [1.165, 1.54) is 24.1 Å². The van der Waals surface area contributed by atoms with Crippen LogP contribution in [0.2, 0.25) is 5.02 Å². The Morgan fingerprint density at radius 2 is 1.76 bits per heavy atom. The van der Waals surface area contributed by atoms with E-state index in [9.17, 15) is 24.3 Å². The van der Waals surface area contributed by atoms with Crippen molar-refractivity contribution in [2.45, 2.75) is 38.3 Å². The smallest absolute Gasteiger partial charge is 0.424 e. The number of fused-ring (bicyclic) bond motifs is 3. The molecular weight excluding hydrogens is 458 g/mol. The SMILES string of the molecule is CCN(CC)CCN1C(=O)c2c3ccc(Cl)c2OC(=O)CC2(O)CC(=O)OC1(OC2=O)N3C. The summed E-state index contributed by atoms with van der Waals surface area (Å²) in [6, 6.07) is 0.560. The summed E-state index contributed by atoms with van der Waals surface area (Å²) < 4.78 is 16.5. The normalized spacial score (nSPS) is 26.7. The van der Waals surface area contributed by atoms with Gasteiger partial charge in [0.25, 0.3) is 5.91 Å². The molecule has 0 aromatic heterocycles. The third kappa shape index (κ3) is 3.60. The lowest BCUT2D eigenvalue weighted by atomic mass is 9.96. The number of carbonyl (C=O) groups is 4. The molecule has 0 saturated carbocycles. The third-order valence-electron chi connectivity index (χ3n) is 6.15. The van der Waals surface area contributed by atoms with Crippen LogP contribution >= 0.6 is 11.6 Å². The van der Waals surface area contributed by atoms with Crippen molar-refractivity contribution in [1.82, 2.24) is 9.80 Å². The van der Waals surface area contributed by atoms with Gasteiger partial charge in [0, 0.05) is 20.1 Å². The number of halogens is 1. The van der Waals surface area contributed by atoms with Crippen molar-refractivity contribution < 1.29 is 38.5 Å². The highest BCUT2D eigenvalue weighted by Crippen LogP contribution is 2.47. The molecule has 1 aromatic carbocycles. The number of likely N-dealkylation sites (N-methyl/N-ethyl adjacent to an activating group) is 1. The van der Waals surface area contributed by atoms with Gasteiger partial charge in [0.15, 0.2) is 11.4 Å². The highest BCUT2D eigenvalue weighted by atomic mass is 35.5. The zero-order valence-electron chi connectivity index (χ0n) is 18.4. The first kappa shape index (κ1) is 23.3. The second-order valence-corrected chi connectivity index (χ2v) is 8.49. The summed E-state index contributed by atoms with van der Waals surface area (Å²) in [6.07, 6.45) is -1.75. The molecule has 4 heterocycles. The molecule has 178 valence electrons. The monoisotopic (exact) mass is 481 g/mol. The van der Waals surface area contributed by atoms with Crippen molar-refractivity contribution in [1.29, 1.82) is 0 Å². The Labute approximate surface area is 194 Å². The molecule has 2 atom stereocenters. The van der Waals surface area contributed by atoms with Gasteiger partial charge in [-0.05, 0) is 25.2 Å². The number of carbonyl (C=O) groups excluding carboxylic acids is 4. The zero-order chi connectivity index (χ0) is 24.1. The average molecular weight is 482 g/mol. The minimum atomic E-state index is -2.54. The molecule has 2 unspecified atom stereocenters. The van der Waals surface area contributed by atoms with Crippen LogP contribution in [0.1, 0.15) is 37.0 Å². The number of anilines is 1. The number of amides is 1. The summed E-state index contributed by atoms with van der Waals surface area (Å²) in [5, 5.41) is 10.9. The van der Waals surface area contributed by atoms with Gasteiger partial charge < -0.3 is 24.2 Å². The molecule has 1 aromatic rings. The highest BCUT2D eigenvalue weighted by Gasteiger charge is 2.62. The van der Waals surface area contributed by atoms with Crippen molar-refractivity contribution >= 4 is 41.1 Å². The first-order chi connectivity index (χ1) is 15.6. The maximum atomic E-state index is 13.8. The molecular formula is C21H24ClN3O8. The quantitative estimate of drug-likeness (QED) is 0.474. The summed E-state index contributed by atoms with van der Waals surface area (Å²) in [4.78, 5) is 56.6. The number of esters is 3. The first-order valence-corrected chi connectivity index (χ1v) is 10.9. The van der Waals surface area contributed by atoms with E-state index in [0.29, 0.717) is 19.6 Å². The lowest BCUT2D eigenvalue weighted by molar-refractivity contribution is -0.273. The lowest BCUT2D eigenvalue weighted by Crippen LogP contribution is -2.69. The van der Waals surface area contributed by atoms with Crippen LogP contribution in [0.3, 0.4) is 0 Å². The predicted molar refractivity (Wildman–Crippen MR) is 113 cm³/mol. The van der Waals surface area contributed by atoms with Gasteiger partial charge in [-0.2, -0.15) is 0 Å². The third-order valence-corrected chi connectivity index (χ3v) is 6.45. The number of benzene rings is 1. The van der Waals surface area contributed by atoms with E-state index in [1.807, 2.05) is 18.7 Å². The van der Waals surface area contributed by atoms with Crippen LogP contribution in [0.4, 0.5) is 5.69 Å². The molecule has 5 bridgehead atoms. The predicted octanol–water partition coefficient (Wildman–Crippen LogP) is 0.715. The number of nitrogens with zero attached hydrogens (tertiary/aromatic N) is 3. The summed E-state index contributed by atoms with van der Waals surface area (Å²) >= 11 is 6.28. The van der Waals surface area contributed by atoms with Crippen LogP contribution in [0.25, 0.3) is 0 Å². The number of ether oxygens (including phenoxy) is 3. The molecule has 0 aliphatic carbocycles. The van der Waals surface area contributed by atoms with Gasteiger partial charge >= 0.3 is 23.9 Å². The van der Waals surface area contributed by atoms with E-state index in [2.05, 4.69) is 0 Å². The average Bonchev–Trinajstić information content (AvgIpc) is 2.84. The lowest BCUT2D eigenvalue weighted by Gasteiger charge is -2.49. The fraction of sp³-hybridized carbons (Fsp3) is 0.524. The van der Waals surface area contributed by atoms with Gasteiger partial charge in [-0.25, -0.2) is 9.69 Å². The summed E-state index contributed by atoms with van der Waals surface area (Å²) in [7, 11) is 1.46. The molecule has 1 spiro atoms. The zero-order valence-corrected chi connectivity index (χ0v) is 19.2.